The molecule has 0 amide bonds. The van der Waals surface area contributed by atoms with Gasteiger partial charge >= 0.3 is 5.69 Å². The van der Waals surface area contributed by atoms with E-state index in [0.717, 1.165) is 14.9 Å². The molecule has 1 aliphatic rings. The lowest BCUT2D eigenvalue weighted by Gasteiger charge is -2.43. The van der Waals surface area contributed by atoms with Gasteiger partial charge in [0.25, 0.3) is 13.9 Å². The van der Waals surface area contributed by atoms with Crippen molar-refractivity contribution in [1.82, 2.24) is 9.55 Å². The second-order valence-corrected chi connectivity index (χ2v) is 13.8. The minimum atomic E-state index is -2.85. The summed E-state index contributed by atoms with van der Waals surface area (Å²) in [6.07, 6.45) is -2.88. The summed E-state index contributed by atoms with van der Waals surface area (Å²) < 4.78 is 42.0. The third-order valence-corrected chi connectivity index (χ3v) is 11.2. The summed E-state index contributed by atoms with van der Waals surface area (Å²) in [7, 11) is -2.85. The second-order valence-electron chi connectivity index (χ2n) is 9.52. The van der Waals surface area contributed by atoms with Gasteiger partial charge in [-0.2, -0.15) is 4.39 Å². The molecule has 0 spiro atoms. The minimum Gasteiger partial charge on any atom is -0.405 e. The average Bonchev–Trinajstić information content (AvgIpc) is 3.17. The highest BCUT2D eigenvalue weighted by Crippen LogP contribution is 2.38. The first kappa shape index (κ1) is 24.2. The Kier molecular flexibility index (Phi) is 6.70. The van der Waals surface area contributed by atoms with Crippen LogP contribution in [0.5, 0.6) is 0 Å². The molecule has 34 heavy (non-hydrogen) atoms. The summed E-state index contributed by atoms with van der Waals surface area (Å²) >= 11 is 0. The van der Waals surface area contributed by atoms with Crippen LogP contribution in [0.25, 0.3) is 0 Å². The first-order valence-electron chi connectivity index (χ1n) is 11.2. The van der Waals surface area contributed by atoms with Crippen LogP contribution in [-0.2, 0) is 9.16 Å². The zero-order chi connectivity index (χ0) is 24.5. The van der Waals surface area contributed by atoms with Gasteiger partial charge in [-0.15, -0.1) is 0 Å². The van der Waals surface area contributed by atoms with E-state index < -0.39 is 43.9 Å². The van der Waals surface area contributed by atoms with Gasteiger partial charge < -0.3 is 9.16 Å². The maximum Gasteiger partial charge on any atom is 0.330 e. The molecule has 1 unspecified atom stereocenters. The highest BCUT2D eigenvalue weighted by molar-refractivity contribution is 6.99. The number of aromatic nitrogens is 2. The van der Waals surface area contributed by atoms with E-state index in [-0.39, 0.29) is 18.1 Å². The molecular weight excluding hydrogens is 458 g/mol. The van der Waals surface area contributed by atoms with Crippen LogP contribution >= 0.6 is 0 Å². The maximum absolute atomic E-state index is 14.9. The van der Waals surface area contributed by atoms with E-state index in [9.17, 15) is 18.4 Å². The standard InChI is InChI=1S/C25H28F2N2O4Si/c1-25(2,3)34(18-10-6-4-7-11-18,19-12-8-5-9-13-19)32-16-17-14-20(26)23(33-17)29-15-21(27)22(30)28-24(29)31/h4-13,15,17,20,23H,14,16H2,1-3H3,(H,28,30,31)/t17-,20?,23+/m0/s1. The molecular formula is C25H28F2N2O4Si. The summed E-state index contributed by atoms with van der Waals surface area (Å²) in [5.41, 5.74) is -2.08. The summed E-state index contributed by atoms with van der Waals surface area (Å²) in [5, 5.41) is 1.90. The largest absolute Gasteiger partial charge is 0.405 e. The van der Waals surface area contributed by atoms with E-state index in [2.05, 4.69) is 45.0 Å². The lowest BCUT2D eigenvalue weighted by Crippen LogP contribution is -2.67. The molecule has 0 bridgehead atoms. The number of ether oxygens (including phenoxy) is 1. The van der Waals surface area contributed by atoms with Gasteiger partial charge in [-0.3, -0.25) is 14.3 Å². The smallest absolute Gasteiger partial charge is 0.330 e. The third-order valence-electron chi connectivity index (χ3n) is 6.23. The number of H-pyrrole nitrogens is 1. The van der Waals surface area contributed by atoms with Gasteiger partial charge in [-0.1, -0.05) is 81.4 Å². The first-order chi connectivity index (χ1) is 16.1. The van der Waals surface area contributed by atoms with Crippen molar-refractivity contribution in [3.05, 3.63) is 93.5 Å². The number of alkyl halides is 1. The van der Waals surface area contributed by atoms with Crippen LogP contribution in [0.1, 0.15) is 33.4 Å². The Bertz CT molecular complexity index is 1200. The topological polar surface area (TPSA) is 73.3 Å². The summed E-state index contributed by atoms with van der Waals surface area (Å²) in [5.74, 6) is -1.18. The molecule has 0 saturated carbocycles. The van der Waals surface area contributed by atoms with E-state index in [1.807, 2.05) is 41.4 Å². The van der Waals surface area contributed by atoms with Gasteiger partial charge in [-0.25, -0.2) is 9.18 Å². The van der Waals surface area contributed by atoms with Crippen molar-refractivity contribution in [2.45, 2.75) is 50.7 Å². The fraction of sp³-hybridized carbons (Fsp3) is 0.360. The first-order valence-corrected chi connectivity index (χ1v) is 13.1. The predicted octanol–water partition coefficient (Wildman–Crippen LogP) is 2.88. The normalized spacial score (nSPS) is 21.0. The molecule has 4 rings (SSSR count). The lowest BCUT2D eigenvalue weighted by atomic mass is 10.2. The van der Waals surface area contributed by atoms with E-state index in [0.29, 0.717) is 6.20 Å². The molecule has 1 aliphatic heterocycles. The Hall–Kier alpha value is -2.88. The third kappa shape index (κ3) is 4.43. The highest BCUT2D eigenvalue weighted by Gasteiger charge is 2.51. The molecule has 3 aromatic rings. The van der Waals surface area contributed by atoms with Crippen LogP contribution in [0.15, 0.2) is 76.4 Å². The summed E-state index contributed by atoms with van der Waals surface area (Å²) in [6.45, 7) is 6.51. The van der Waals surface area contributed by atoms with Gasteiger partial charge in [0.05, 0.1) is 18.9 Å². The zero-order valence-corrected chi connectivity index (χ0v) is 20.3. The Balaban J connectivity index is 1.65. The van der Waals surface area contributed by atoms with Gasteiger partial charge in [0.2, 0.25) is 5.82 Å². The number of hydrogen-bond donors (Lipinski definition) is 1. The van der Waals surface area contributed by atoms with Crippen LogP contribution in [-0.4, -0.2) is 36.8 Å². The predicted molar refractivity (Wildman–Crippen MR) is 128 cm³/mol. The molecule has 1 saturated heterocycles. The van der Waals surface area contributed by atoms with E-state index >= 15 is 0 Å². The fourth-order valence-corrected chi connectivity index (χ4v) is 9.27. The van der Waals surface area contributed by atoms with Crippen molar-refractivity contribution in [2.75, 3.05) is 6.61 Å². The average molecular weight is 487 g/mol. The van der Waals surface area contributed by atoms with Crippen molar-refractivity contribution >= 4 is 18.7 Å². The summed E-state index contributed by atoms with van der Waals surface area (Å²) in [4.78, 5) is 25.3. The lowest BCUT2D eigenvalue weighted by molar-refractivity contribution is -0.0375. The highest BCUT2D eigenvalue weighted by atomic mass is 28.4. The van der Waals surface area contributed by atoms with Crippen LogP contribution in [0.4, 0.5) is 8.78 Å². The van der Waals surface area contributed by atoms with Crippen molar-refractivity contribution in [2.24, 2.45) is 0 Å². The molecule has 1 N–H and O–H groups in total. The van der Waals surface area contributed by atoms with E-state index in [4.69, 9.17) is 9.16 Å². The van der Waals surface area contributed by atoms with Crippen LogP contribution in [0, 0.1) is 5.82 Å². The molecule has 9 heteroatoms. The van der Waals surface area contributed by atoms with Crippen molar-refractivity contribution in [3.8, 4) is 0 Å². The van der Waals surface area contributed by atoms with E-state index in [1.165, 1.54) is 0 Å². The Morgan fingerprint density at radius 1 is 1.06 bits per heavy atom. The number of rotatable bonds is 6. The number of hydrogen-bond acceptors (Lipinski definition) is 4. The van der Waals surface area contributed by atoms with Crippen molar-refractivity contribution in [3.63, 3.8) is 0 Å². The SMILES string of the molecule is CC(C)(C)[Si](OC[C@@H]1CC(F)[C@H](n2cc(F)c(=O)[nH]c2=O)O1)(c1ccccc1)c1ccccc1. The molecule has 1 aromatic heterocycles. The van der Waals surface area contributed by atoms with Crippen LogP contribution < -0.4 is 21.6 Å². The van der Waals surface area contributed by atoms with Crippen molar-refractivity contribution < 1.29 is 17.9 Å². The molecule has 0 aliphatic carbocycles. The molecule has 2 aromatic carbocycles. The molecule has 2 heterocycles. The van der Waals surface area contributed by atoms with Crippen LogP contribution in [0.3, 0.4) is 0 Å². The number of benzene rings is 2. The van der Waals surface area contributed by atoms with Gasteiger partial charge in [0.15, 0.2) is 6.23 Å². The van der Waals surface area contributed by atoms with Gasteiger partial charge in [-0.05, 0) is 15.4 Å². The Morgan fingerprint density at radius 2 is 1.62 bits per heavy atom. The van der Waals surface area contributed by atoms with Crippen LogP contribution in [0.2, 0.25) is 5.04 Å². The van der Waals surface area contributed by atoms with Gasteiger partial charge in [0.1, 0.15) is 6.17 Å². The maximum atomic E-state index is 14.9. The molecule has 1 fully saturated rings. The Morgan fingerprint density at radius 3 is 2.15 bits per heavy atom. The monoisotopic (exact) mass is 486 g/mol. The van der Waals surface area contributed by atoms with Crippen molar-refractivity contribution in [1.29, 1.82) is 0 Å². The summed E-state index contributed by atoms with van der Waals surface area (Å²) in [6, 6.07) is 20.1. The van der Waals surface area contributed by atoms with E-state index in [1.54, 1.807) is 0 Å². The second kappa shape index (κ2) is 9.40. The fourth-order valence-electron chi connectivity index (χ4n) is 4.68. The minimum absolute atomic E-state index is 0.0178. The van der Waals surface area contributed by atoms with Gasteiger partial charge in [0, 0.05) is 6.42 Å². The Labute approximate surface area is 197 Å². The molecule has 0 radical (unpaired) electrons. The number of halogens is 2. The molecule has 6 nitrogen and oxygen atoms in total. The quantitative estimate of drug-likeness (QED) is 0.544. The molecule has 3 atom stereocenters. The number of nitrogens with zero attached hydrogens (tertiary/aromatic N) is 1. The zero-order valence-electron chi connectivity index (χ0n) is 19.3. The molecule has 180 valence electrons. The number of nitrogens with one attached hydrogen (secondary N) is 1. The number of aromatic amines is 1.